The quantitative estimate of drug-likeness (QED) is 0.775. The molecule has 2 rings (SSSR count). The summed E-state index contributed by atoms with van der Waals surface area (Å²) in [7, 11) is 0. The van der Waals surface area contributed by atoms with Crippen molar-refractivity contribution in [3.63, 3.8) is 0 Å². The Bertz CT molecular complexity index is 387. The predicted octanol–water partition coefficient (Wildman–Crippen LogP) is 2.22. The first-order chi connectivity index (χ1) is 7.66. The Balaban J connectivity index is 2.05. The smallest absolute Gasteiger partial charge is 0.311 e. The van der Waals surface area contributed by atoms with Crippen molar-refractivity contribution >= 4 is 11.7 Å². The van der Waals surface area contributed by atoms with Crippen LogP contribution < -0.4 is 5.32 Å². The number of hydrogen-bond donors (Lipinski definition) is 1. The zero-order valence-electron chi connectivity index (χ0n) is 9.69. The van der Waals surface area contributed by atoms with E-state index in [-0.39, 0.29) is 18.0 Å². The summed E-state index contributed by atoms with van der Waals surface area (Å²) in [6.45, 7) is 4.42. The van der Waals surface area contributed by atoms with Gasteiger partial charge in [-0.15, -0.1) is 0 Å². The fraction of sp³-hybridized carbons (Fsp3) is 0.462. The van der Waals surface area contributed by atoms with Crippen LogP contribution in [0.25, 0.3) is 0 Å². The SMILES string of the molecule is CC(C)OC(=O)[C@H]1CNc2ccccc2C1. The van der Waals surface area contributed by atoms with Crippen molar-refractivity contribution in [3.8, 4) is 0 Å². The molecule has 0 aromatic heterocycles. The first-order valence-corrected chi connectivity index (χ1v) is 5.69. The lowest BCUT2D eigenvalue weighted by Crippen LogP contribution is -2.32. The third kappa shape index (κ3) is 2.35. The number of anilines is 1. The van der Waals surface area contributed by atoms with Gasteiger partial charge in [0, 0.05) is 12.2 Å². The van der Waals surface area contributed by atoms with E-state index in [0.717, 1.165) is 12.1 Å². The molecule has 0 saturated carbocycles. The Labute approximate surface area is 95.8 Å². The summed E-state index contributed by atoms with van der Waals surface area (Å²) in [5.74, 6) is -0.158. The van der Waals surface area contributed by atoms with Crippen molar-refractivity contribution in [1.29, 1.82) is 0 Å². The summed E-state index contributed by atoms with van der Waals surface area (Å²) in [5, 5.41) is 3.27. The molecule has 1 aromatic carbocycles. The van der Waals surface area contributed by atoms with E-state index in [9.17, 15) is 4.79 Å². The molecule has 0 radical (unpaired) electrons. The molecule has 3 nitrogen and oxygen atoms in total. The van der Waals surface area contributed by atoms with E-state index in [2.05, 4.69) is 11.4 Å². The molecule has 0 fully saturated rings. The zero-order valence-corrected chi connectivity index (χ0v) is 9.69. The normalized spacial score (nSPS) is 18.8. The largest absolute Gasteiger partial charge is 0.463 e. The average Bonchev–Trinajstić information content (AvgIpc) is 2.27. The van der Waals surface area contributed by atoms with Crippen LogP contribution in [-0.4, -0.2) is 18.6 Å². The van der Waals surface area contributed by atoms with Gasteiger partial charge in [-0.25, -0.2) is 0 Å². The van der Waals surface area contributed by atoms with Gasteiger partial charge >= 0.3 is 5.97 Å². The van der Waals surface area contributed by atoms with Gasteiger partial charge in [-0.2, -0.15) is 0 Å². The number of ether oxygens (including phenoxy) is 1. The molecule has 16 heavy (non-hydrogen) atoms. The third-order valence-electron chi connectivity index (χ3n) is 2.71. The van der Waals surface area contributed by atoms with E-state index in [1.807, 2.05) is 32.0 Å². The summed E-state index contributed by atoms with van der Waals surface area (Å²) >= 11 is 0. The first-order valence-electron chi connectivity index (χ1n) is 5.69. The standard InChI is InChI=1S/C13H17NO2/c1-9(2)16-13(15)11-7-10-5-3-4-6-12(10)14-8-11/h3-6,9,11,14H,7-8H2,1-2H3/t11-/m1/s1. The Morgan fingerprint density at radius 2 is 2.19 bits per heavy atom. The fourth-order valence-electron chi connectivity index (χ4n) is 1.94. The second-order valence-electron chi connectivity index (χ2n) is 4.42. The zero-order chi connectivity index (χ0) is 11.5. The van der Waals surface area contributed by atoms with Crippen molar-refractivity contribution in [2.24, 2.45) is 5.92 Å². The van der Waals surface area contributed by atoms with Crippen LogP contribution in [0, 0.1) is 5.92 Å². The number of nitrogens with one attached hydrogen (secondary N) is 1. The average molecular weight is 219 g/mol. The lowest BCUT2D eigenvalue weighted by atomic mass is 9.94. The second-order valence-corrected chi connectivity index (χ2v) is 4.42. The molecule has 0 amide bonds. The van der Waals surface area contributed by atoms with Gasteiger partial charge in [-0.05, 0) is 31.9 Å². The number of hydrogen-bond acceptors (Lipinski definition) is 3. The van der Waals surface area contributed by atoms with Crippen molar-refractivity contribution in [2.75, 3.05) is 11.9 Å². The van der Waals surface area contributed by atoms with Crippen molar-refractivity contribution < 1.29 is 9.53 Å². The molecule has 1 heterocycles. The van der Waals surface area contributed by atoms with Crippen molar-refractivity contribution in [2.45, 2.75) is 26.4 Å². The highest BCUT2D eigenvalue weighted by atomic mass is 16.5. The summed E-state index contributed by atoms with van der Waals surface area (Å²) < 4.78 is 5.23. The molecule has 0 spiro atoms. The predicted molar refractivity (Wildman–Crippen MR) is 63.4 cm³/mol. The highest BCUT2D eigenvalue weighted by molar-refractivity contribution is 5.75. The summed E-state index contributed by atoms with van der Waals surface area (Å²) in [4.78, 5) is 11.8. The van der Waals surface area contributed by atoms with Crippen molar-refractivity contribution in [3.05, 3.63) is 29.8 Å². The maximum absolute atomic E-state index is 11.8. The summed E-state index contributed by atoms with van der Waals surface area (Å²) in [6, 6.07) is 8.09. The van der Waals surface area contributed by atoms with Gasteiger partial charge in [-0.3, -0.25) is 4.79 Å². The monoisotopic (exact) mass is 219 g/mol. The Hall–Kier alpha value is -1.51. The molecule has 0 saturated heterocycles. The number of para-hydroxylation sites is 1. The third-order valence-corrected chi connectivity index (χ3v) is 2.71. The van der Waals surface area contributed by atoms with Crippen LogP contribution in [-0.2, 0) is 16.0 Å². The minimum atomic E-state index is -0.1000. The van der Waals surface area contributed by atoms with Gasteiger partial charge in [0.15, 0.2) is 0 Å². The highest BCUT2D eigenvalue weighted by Gasteiger charge is 2.25. The molecule has 0 unspecified atom stereocenters. The lowest BCUT2D eigenvalue weighted by Gasteiger charge is -2.25. The Morgan fingerprint density at radius 3 is 2.94 bits per heavy atom. The minimum Gasteiger partial charge on any atom is -0.463 e. The molecule has 1 aliphatic rings. The van der Waals surface area contributed by atoms with Crippen LogP contribution in [0.5, 0.6) is 0 Å². The van der Waals surface area contributed by atoms with Crippen LogP contribution in [0.15, 0.2) is 24.3 Å². The van der Waals surface area contributed by atoms with E-state index >= 15 is 0 Å². The van der Waals surface area contributed by atoms with Crippen LogP contribution in [0.4, 0.5) is 5.69 Å². The van der Waals surface area contributed by atoms with Gasteiger partial charge < -0.3 is 10.1 Å². The second kappa shape index (κ2) is 4.56. The van der Waals surface area contributed by atoms with Gasteiger partial charge in [0.2, 0.25) is 0 Å². The maximum atomic E-state index is 11.8. The molecular weight excluding hydrogens is 202 g/mol. The molecular formula is C13H17NO2. The summed E-state index contributed by atoms with van der Waals surface area (Å²) in [6.07, 6.45) is 0.735. The van der Waals surface area contributed by atoms with Crippen LogP contribution in [0.1, 0.15) is 19.4 Å². The van der Waals surface area contributed by atoms with Crippen LogP contribution in [0.3, 0.4) is 0 Å². The number of carbonyl (C=O) groups excluding carboxylic acids is 1. The molecule has 86 valence electrons. The molecule has 1 N–H and O–H groups in total. The van der Waals surface area contributed by atoms with Gasteiger partial charge in [0.1, 0.15) is 0 Å². The topological polar surface area (TPSA) is 38.3 Å². The molecule has 0 bridgehead atoms. The van der Waals surface area contributed by atoms with Crippen LogP contribution >= 0.6 is 0 Å². The number of fused-ring (bicyclic) bond motifs is 1. The molecule has 1 aromatic rings. The molecule has 3 heteroatoms. The van der Waals surface area contributed by atoms with E-state index in [4.69, 9.17) is 4.74 Å². The Morgan fingerprint density at radius 1 is 1.44 bits per heavy atom. The number of esters is 1. The molecule has 1 aliphatic heterocycles. The van der Waals surface area contributed by atoms with Crippen LogP contribution in [0.2, 0.25) is 0 Å². The highest BCUT2D eigenvalue weighted by Crippen LogP contribution is 2.24. The maximum Gasteiger partial charge on any atom is 0.311 e. The van der Waals surface area contributed by atoms with Gasteiger partial charge in [-0.1, -0.05) is 18.2 Å². The van der Waals surface area contributed by atoms with Crippen molar-refractivity contribution in [1.82, 2.24) is 0 Å². The summed E-state index contributed by atoms with van der Waals surface area (Å²) in [5.41, 5.74) is 2.33. The minimum absolute atomic E-state index is 0.0373. The van der Waals surface area contributed by atoms with E-state index in [0.29, 0.717) is 6.54 Å². The fourth-order valence-corrected chi connectivity index (χ4v) is 1.94. The van der Waals surface area contributed by atoms with E-state index in [1.54, 1.807) is 0 Å². The number of carbonyl (C=O) groups is 1. The van der Waals surface area contributed by atoms with Gasteiger partial charge in [0.25, 0.3) is 0 Å². The number of benzene rings is 1. The number of rotatable bonds is 2. The molecule has 1 atom stereocenters. The Kier molecular flexibility index (Phi) is 3.13. The lowest BCUT2D eigenvalue weighted by molar-refractivity contribution is -0.151. The van der Waals surface area contributed by atoms with Gasteiger partial charge in [0.05, 0.1) is 12.0 Å². The molecule has 0 aliphatic carbocycles. The van der Waals surface area contributed by atoms with E-state index < -0.39 is 0 Å². The van der Waals surface area contributed by atoms with E-state index in [1.165, 1.54) is 5.56 Å². The first kappa shape index (κ1) is 11.0.